The van der Waals surface area contributed by atoms with E-state index in [1.54, 1.807) is 0 Å². The molecule has 2 nitrogen and oxygen atoms in total. The molecule has 2 heteroatoms. The molecule has 0 aromatic carbocycles. The zero-order valence-electron chi connectivity index (χ0n) is 12.6. The van der Waals surface area contributed by atoms with Gasteiger partial charge in [0.05, 0.1) is 0 Å². The summed E-state index contributed by atoms with van der Waals surface area (Å²) in [5, 5.41) is 3.64. The van der Waals surface area contributed by atoms with Crippen molar-refractivity contribution < 1.29 is 0 Å². The molecule has 0 bridgehead atoms. The fourth-order valence-corrected chi connectivity index (χ4v) is 2.33. The number of nitrogens with zero attached hydrogens (tertiary/aromatic N) is 1. The zero-order chi connectivity index (χ0) is 12.9. The highest BCUT2D eigenvalue weighted by Crippen LogP contribution is 2.04. The molecule has 0 amide bonds. The molecule has 0 aromatic rings. The van der Waals surface area contributed by atoms with Gasteiger partial charge in [0.2, 0.25) is 0 Å². The van der Waals surface area contributed by atoms with Crippen molar-refractivity contribution in [2.45, 2.75) is 72.3 Å². The number of rotatable bonds is 12. The average Bonchev–Trinajstić information content (AvgIpc) is 2.34. The summed E-state index contributed by atoms with van der Waals surface area (Å²) < 4.78 is 0. The smallest absolute Gasteiger partial charge is 0.00649 e. The molecule has 1 unspecified atom stereocenters. The first-order valence-electron chi connectivity index (χ1n) is 7.74. The van der Waals surface area contributed by atoms with Crippen molar-refractivity contribution in [1.82, 2.24) is 10.2 Å². The van der Waals surface area contributed by atoms with Crippen LogP contribution in [-0.2, 0) is 0 Å². The standard InChI is InChI=1S/C15H34N2/c1-5-11-16-15(8-4)10-9-14-17(12-6-2)13-7-3/h15-16H,5-14H2,1-4H3. The summed E-state index contributed by atoms with van der Waals surface area (Å²) in [6.07, 6.45) is 7.75. The van der Waals surface area contributed by atoms with Gasteiger partial charge in [-0.25, -0.2) is 0 Å². The second-order valence-corrected chi connectivity index (χ2v) is 5.04. The van der Waals surface area contributed by atoms with E-state index in [0.717, 1.165) is 6.04 Å². The van der Waals surface area contributed by atoms with Crippen LogP contribution < -0.4 is 5.32 Å². The molecule has 0 radical (unpaired) electrons. The van der Waals surface area contributed by atoms with E-state index in [-0.39, 0.29) is 0 Å². The topological polar surface area (TPSA) is 15.3 Å². The Morgan fingerprint density at radius 3 is 2.00 bits per heavy atom. The second-order valence-electron chi connectivity index (χ2n) is 5.04. The van der Waals surface area contributed by atoms with Crippen molar-refractivity contribution in [2.24, 2.45) is 0 Å². The van der Waals surface area contributed by atoms with Crippen molar-refractivity contribution in [1.29, 1.82) is 0 Å². The minimum atomic E-state index is 0.736. The minimum Gasteiger partial charge on any atom is -0.314 e. The normalized spacial score (nSPS) is 13.2. The largest absolute Gasteiger partial charge is 0.314 e. The monoisotopic (exact) mass is 242 g/mol. The van der Waals surface area contributed by atoms with Gasteiger partial charge in [0.25, 0.3) is 0 Å². The number of hydrogen-bond donors (Lipinski definition) is 1. The molecular weight excluding hydrogens is 208 g/mol. The lowest BCUT2D eigenvalue weighted by molar-refractivity contribution is 0.262. The Kier molecular flexibility index (Phi) is 12.3. The third-order valence-corrected chi connectivity index (χ3v) is 3.28. The Morgan fingerprint density at radius 1 is 0.882 bits per heavy atom. The molecule has 0 fully saturated rings. The van der Waals surface area contributed by atoms with E-state index in [1.807, 2.05) is 0 Å². The third-order valence-electron chi connectivity index (χ3n) is 3.28. The highest BCUT2D eigenvalue weighted by atomic mass is 15.1. The molecule has 0 aliphatic heterocycles. The zero-order valence-corrected chi connectivity index (χ0v) is 12.6. The van der Waals surface area contributed by atoms with Crippen LogP contribution in [0.5, 0.6) is 0 Å². The summed E-state index contributed by atoms with van der Waals surface area (Å²) in [6, 6.07) is 0.736. The highest BCUT2D eigenvalue weighted by molar-refractivity contribution is 4.66. The van der Waals surface area contributed by atoms with Crippen LogP contribution in [0.15, 0.2) is 0 Å². The minimum absolute atomic E-state index is 0.736. The molecule has 1 atom stereocenters. The van der Waals surface area contributed by atoms with E-state index in [4.69, 9.17) is 0 Å². The van der Waals surface area contributed by atoms with Gasteiger partial charge in [-0.3, -0.25) is 0 Å². The predicted octanol–water partition coefficient (Wildman–Crippen LogP) is 3.67. The summed E-state index contributed by atoms with van der Waals surface area (Å²) >= 11 is 0. The van der Waals surface area contributed by atoms with Gasteiger partial charge in [-0.05, 0) is 64.7 Å². The molecule has 0 heterocycles. The molecule has 1 N–H and O–H groups in total. The fraction of sp³-hybridized carbons (Fsp3) is 1.00. The van der Waals surface area contributed by atoms with Crippen molar-refractivity contribution in [2.75, 3.05) is 26.2 Å². The van der Waals surface area contributed by atoms with Crippen molar-refractivity contribution in [3.05, 3.63) is 0 Å². The van der Waals surface area contributed by atoms with E-state index in [1.165, 1.54) is 64.7 Å². The maximum atomic E-state index is 3.64. The summed E-state index contributed by atoms with van der Waals surface area (Å²) in [4.78, 5) is 2.62. The van der Waals surface area contributed by atoms with Crippen molar-refractivity contribution >= 4 is 0 Å². The van der Waals surface area contributed by atoms with Gasteiger partial charge in [0, 0.05) is 6.04 Å². The van der Waals surface area contributed by atoms with Gasteiger partial charge in [-0.15, -0.1) is 0 Å². The lowest BCUT2D eigenvalue weighted by atomic mass is 10.1. The first-order valence-corrected chi connectivity index (χ1v) is 7.74. The van der Waals surface area contributed by atoms with Crippen molar-refractivity contribution in [3.63, 3.8) is 0 Å². The van der Waals surface area contributed by atoms with Crippen LogP contribution in [0.1, 0.15) is 66.2 Å². The van der Waals surface area contributed by atoms with Crippen LogP contribution in [-0.4, -0.2) is 37.1 Å². The van der Waals surface area contributed by atoms with Gasteiger partial charge in [-0.2, -0.15) is 0 Å². The quantitative estimate of drug-likeness (QED) is 0.562. The molecule has 0 saturated carbocycles. The molecule has 0 aliphatic rings. The van der Waals surface area contributed by atoms with Gasteiger partial charge in [-0.1, -0.05) is 27.7 Å². The van der Waals surface area contributed by atoms with Crippen molar-refractivity contribution in [3.8, 4) is 0 Å². The maximum absolute atomic E-state index is 3.64. The van der Waals surface area contributed by atoms with Crippen LogP contribution in [0.2, 0.25) is 0 Å². The molecule has 104 valence electrons. The number of hydrogen-bond acceptors (Lipinski definition) is 2. The van der Waals surface area contributed by atoms with E-state index in [0.29, 0.717) is 0 Å². The lowest BCUT2D eigenvalue weighted by Gasteiger charge is -2.22. The molecule has 0 rings (SSSR count). The van der Waals surface area contributed by atoms with E-state index >= 15 is 0 Å². The number of nitrogens with one attached hydrogen (secondary N) is 1. The van der Waals surface area contributed by atoms with E-state index < -0.39 is 0 Å². The van der Waals surface area contributed by atoms with Gasteiger partial charge in [0.1, 0.15) is 0 Å². The maximum Gasteiger partial charge on any atom is 0.00649 e. The summed E-state index contributed by atoms with van der Waals surface area (Å²) in [5.41, 5.74) is 0. The van der Waals surface area contributed by atoms with Gasteiger partial charge >= 0.3 is 0 Å². The third kappa shape index (κ3) is 9.61. The molecule has 0 aliphatic carbocycles. The fourth-order valence-electron chi connectivity index (χ4n) is 2.33. The van der Waals surface area contributed by atoms with Crippen LogP contribution >= 0.6 is 0 Å². The van der Waals surface area contributed by atoms with Gasteiger partial charge < -0.3 is 10.2 Å². The van der Waals surface area contributed by atoms with Gasteiger partial charge in [0.15, 0.2) is 0 Å². The highest BCUT2D eigenvalue weighted by Gasteiger charge is 2.06. The van der Waals surface area contributed by atoms with E-state index in [9.17, 15) is 0 Å². The first kappa shape index (κ1) is 16.9. The Bertz CT molecular complexity index is 142. The van der Waals surface area contributed by atoms with Crippen LogP contribution in [0.25, 0.3) is 0 Å². The van der Waals surface area contributed by atoms with E-state index in [2.05, 4.69) is 37.9 Å². The second kappa shape index (κ2) is 12.4. The van der Waals surface area contributed by atoms with Crippen LogP contribution in [0, 0.1) is 0 Å². The first-order chi connectivity index (χ1) is 8.28. The Balaban J connectivity index is 3.67. The van der Waals surface area contributed by atoms with Crippen LogP contribution in [0.3, 0.4) is 0 Å². The lowest BCUT2D eigenvalue weighted by Crippen LogP contribution is -2.31. The molecule has 0 saturated heterocycles. The SMILES string of the molecule is CCCNC(CC)CCCN(CCC)CCC. The molecule has 17 heavy (non-hydrogen) atoms. The summed E-state index contributed by atoms with van der Waals surface area (Å²) in [6.45, 7) is 14.1. The summed E-state index contributed by atoms with van der Waals surface area (Å²) in [5.74, 6) is 0. The molecule has 0 aromatic heterocycles. The molecular formula is C15H34N2. The molecule has 0 spiro atoms. The Labute approximate surface area is 109 Å². The Morgan fingerprint density at radius 2 is 1.53 bits per heavy atom. The average molecular weight is 242 g/mol. The summed E-state index contributed by atoms with van der Waals surface area (Å²) in [7, 11) is 0. The predicted molar refractivity (Wildman–Crippen MR) is 78.6 cm³/mol. The van der Waals surface area contributed by atoms with Crippen LogP contribution in [0.4, 0.5) is 0 Å². The Hall–Kier alpha value is -0.0800.